The van der Waals surface area contributed by atoms with Gasteiger partial charge >= 0.3 is 0 Å². The summed E-state index contributed by atoms with van der Waals surface area (Å²) in [5.74, 6) is 1.00. The Bertz CT molecular complexity index is 835. The van der Waals surface area contributed by atoms with E-state index in [4.69, 9.17) is 16.3 Å². The van der Waals surface area contributed by atoms with Crippen LogP contribution in [-0.2, 0) is 9.53 Å². The van der Waals surface area contributed by atoms with Crippen LogP contribution in [0.1, 0.15) is 32.0 Å². The molecule has 0 saturated heterocycles. The number of halogens is 1. The molecule has 2 aliphatic rings. The first-order valence-corrected chi connectivity index (χ1v) is 9.25. The van der Waals surface area contributed by atoms with Crippen molar-refractivity contribution in [3.63, 3.8) is 0 Å². The maximum atomic E-state index is 11.4. The number of aromatic nitrogens is 3. The first kappa shape index (κ1) is 19.3. The van der Waals surface area contributed by atoms with Crippen LogP contribution in [0.15, 0.2) is 47.3 Å². The van der Waals surface area contributed by atoms with Crippen LogP contribution in [0.4, 0.5) is 5.95 Å². The molecule has 1 atom stereocenters. The van der Waals surface area contributed by atoms with Gasteiger partial charge in [-0.2, -0.15) is 9.67 Å². The maximum absolute atomic E-state index is 11.4. The Balaban J connectivity index is 1.60. The van der Waals surface area contributed by atoms with E-state index in [2.05, 4.69) is 26.5 Å². The number of carbonyl (C=O) groups is 1. The molecular formula is C19H22ClN5O2. The maximum Gasteiger partial charge on any atom is 0.237 e. The summed E-state index contributed by atoms with van der Waals surface area (Å²) in [6.45, 7) is 2.70. The number of allylic oxidation sites excluding steroid dienone is 6. The smallest absolute Gasteiger partial charge is 0.237 e. The van der Waals surface area contributed by atoms with Gasteiger partial charge in [-0.15, -0.1) is 5.10 Å². The molecule has 3 rings (SSSR count). The van der Waals surface area contributed by atoms with Crippen molar-refractivity contribution in [3.05, 3.63) is 48.1 Å². The van der Waals surface area contributed by atoms with Gasteiger partial charge in [0.1, 0.15) is 5.17 Å². The molecule has 7 nitrogen and oxygen atoms in total. The Morgan fingerprint density at radius 2 is 2.37 bits per heavy atom. The highest BCUT2D eigenvalue weighted by atomic mass is 35.5. The number of rotatable bonds is 8. The van der Waals surface area contributed by atoms with E-state index in [1.807, 2.05) is 31.2 Å². The minimum absolute atomic E-state index is 0.0753. The molecule has 0 spiro atoms. The number of aliphatic imine (C=N–C) groups is 1. The van der Waals surface area contributed by atoms with Crippen molar-refractivity contribution in [1.82, 2.24) is 14.8 Å². The Morgan fingerprint density at radius 1 is 1.48 bits per heavy atom. The lowest BCUT2D eigenvalue weighted by atomic mass is 10.1. The van der Waals surface area contributed by atoms with Crippen molar-refractivity contribution < 1.29 is 9.53 Å². The lowest BCUT2D eigenvalue weighted by Crippen LogP contribution is -2.19. The zero-order chi connectivity index (χ0) is 19.1. The van der Waals surface area contributed by atoms with Gasteiger partial charge in [-0.25, -0.2) is 4.99 Å². The molecule has 0 radical (unpaired) electrons. The largest absolute Gasteiger partial charge is 0.375 e. The molecule has 1 aliphatic heterocycles. The number of nitrogens with zero attached hydrogens (tertiary/aromatic N) is 4. The van der Waals surface area contributed by atoms with Crippen LogP contribution in [0.3, 0.4) is 0 Å². The standard InChI is InChI=1S/C19H22ClN5O2/c1-2-16(12-27-11-15-9-6-10-21-17(15)20)22-19-23-18(24-25(19)13-26)14-7-4-3-5-8-14/h2-4,6-7,10,13,15H,5,8-9,11-12H2,1H3,(H,22,23,24)/b16-2-. The van der Waals surface area contributed by atoms with Crippen LogP contribution in [0.25, 0.3) is 5.57 Å². The highest BCUT2D eigenvalue weighted by Crippen LogP contribution is 2.22. The lowest BCUT2D eigenvalue weighted by Gasteiger charge is -2.17. The molecule has 0 amide bonds. The Kier molecular flexibility index (Phi) is 6.73. The van der Waals surface area contributed by atoms with Crippen LogP contribution in [0.2, 0.25) is 0 Å². The molecule has 8 heteroatoms. The van der Waals surface area contributed by atoms with Crippen molar-refractivity contribution >= 4 is 34.7 Å². The minimum Gasteiger partial charge on any atom is -0.375 e. The number of hydrogen-bond donors (Lipinski definition) is 1. The van der Waals surface area contributed by atoms with E-state index in [0.717, 1.165) is 30.5 Å². The third kappa shape index (κ3) is 5.02. The van der Waals surface area contributed by atoms with Gasteiger partial charge in [0.05, 0.1) is 13.2 Å². The third-order valence-electron chi connectivity index (χ3n) is 4.29. The number of carbonyl (C=O) groups excluding carboxylic acids is 1. The molecule has 0 bridgehead atoms. The summed E-state index contributed by atoms with van der Waals surface area (Å²) >= 11 is 6.10. The highest BCUT2D eigenvalue weighted by Gasteiger charge is 2.17. The summed E-state index contributed by atoms with van der Waals surface area (Å²) in [5, 5.41) is 7.96. The molecule has 2 heterocycles. The molecule has 0 saturated carbocycles. The summed E-state index contributed by atoms with van der Waals surface area (Å²) in [4.78, 5) is 19.9. The first-order chi connectivity index (χ1) is 13.2. The zero-order valence-corrected chi connectivity index (χ0v) is 15.9. The molecule has 0 fully saturated rings. The van der Waals surface area contributed by atoms with Crippen molar-refractivity contribution in [2.75, 3.05) is 18.5 Å². The average molecular weight is 388 g/mol. The van der Waals surface area contributed by atoms with E-state index in [0.29, 0.717) is 36.6 Å². The van der Waals surface area contributed by atoms with Gasteiger partial charge in [0, 0.05) is 17.8 Å². The third-order valence-corrected chi connectivity index (χ3v) is 4.70. The topological polar surface area (TPSA) is 81.4 Å². The number of anilines is 1. The van der Waals surface area contributed by atoms with Crippen LogP contribution >= 0.6 is 11.6 Å². The molecule has 1 aromatic rings. The van der Waals surface area contributed by atoms with Crippen LogP contribution in [0, 0.1) is 5.92 Å². The summed E-state index contributed by atoms with van der Waals surface area (Å²) in [6, 6.07) is 0. The van der Waals surface area contributed by atoms with Gasteiger partial charge in [0.2, 0.25) is 12.4 Å². The van der Waals surface area contributed by atoms with E-state index in [9.17, 15) is 4.79 Å². The van der Waals surface area contributed by atoms with Gasteiger partial charge in [-0.3, -0.25) is 4.79 Å². The van der Waals surface area contributed by atoms with E-state index < -0.39 is 0 Å². The Labute approximate surface area is 163 Å². The summed E-state index contributed by atoms with van der Waals surface area (Å²) < 4.78 is 6.97. The molecule has 1 aliphatic carbocycles. The van der Waals surface area contributed by atoms with E-state index in [-0.39, 0.29) is 5.92 Å². The summed E-state index contributed by atoms with van der Waals surface area (Å²) in [6.07, 6.45) is 14.9. The predicted octanol–water partition coefficient (Wildman–Crippen LogP) is 3.55. The monoisotopic (exact) mass is 387 g/mol. The predicted molar refractivity (Wildman–Crippen MR) is 107 cm³/mol. The van der Waals surface area contributed by atoms with Gasteiger partial charge in [-0.1, -0.05) is 42.0 Å². The molecule has 142 valence electrons. The van der Waals surface area contributed by atoms with Crippen molar-refractivity contribution in [3.8, 4) is 0 Å². The van der Waals surface area contributed by atoms with Crippen molar-refractivity contribution in [1.29, 1.82) is 0 Å². The number of hydrogen-bond acceptors (Lipinski definition) is 6. The lowest BCUT2D eigenvalue weighted by molar-refractivity contribution is 0.138. The quantitative estimate of drug-likeness (QED) is 0.690. The van der Waals surface area contributed by atoms with Gasteiger partial charge in [0.15, 0.2) is 5.82 Å². The molecule has 1 unspecified atom stereocenters. The van der Waals surface area contributed by atoms with E-state index in [1.165, 1.54) is 4.68 Å². The van der Waals surface area contributed by atoms with Crippen molar-refractivity contribution in [2.24, 2.45) is 10.9 Å². The molecule has 0 aromatic carbocycles. The number of nitrogens with one attached hydrogen (secondary N) is 1. The Morgan fingerprint density at radius 3 is 3.07 bits per heavy atom. The molecule has 1 aromatic heterocycles. The van der Waals surface area contributed by atoms with Gasteiger partial charge < -0.3 is 10.1 Å². The van der Waals surface area contributed by atoms with Crippen LogP contribution in [0.5, 0.6) is 0 Å². The molecule has 27 heavy (non-hydrogen) atoms. The van der Waals surface area contributed by atoms with E-state index >= 15 is 0 Å². The summed E-state index contributed by atoms with van der Waals surface area (Å²) in [7, 11) is 0. The molecular weight excluding hydrogens is 366 g/mol. The van der Waals surface area contributed by atoms with Crippen LogP contribution < -0.4 is 5.32 Å². The molecule has 1 N–H and O–H groups in total. The zero-order valence-electron chi connectivity index (χ0n) is 15.1. The second-order valence-corrected chi connectivity index (χ2v) is 6.58. The van der Waals surface area contributed by atoms with Crippen LogP contribution in [-0.4, -0.2) is 39.6 Å². The Hall–Kier alpha value is -2.51. The fraction of sp³-hybridized carbons (Fsp3) is 0.368. The second kappa shape index (κ2) is 9.43. The average Bonchev–Trinajstić information content (AvgIpc) is 3.12. The summed E-state index contributed by atoms with van der Waals surface area (Å²) in [5.41, 5.74) is 1.80. The van der Waals surface area contributed by atoms with Crippen molar-refractivity contribution in [2.45, 2.75) is 26.2 Å². The minimum atomic E-state index is 0.0753. The fourth-order valence-corrected chi connectivity index (χ4v) is 2.95. The highest BCUT2D eigenvalue weighted by molar-refractivity contribution is 6.66. The van der Waals surface area contributed by atoms with Gasteiger partial charge in [0.25, 0.3) is 0 Å². The SMILES string of the molecule is C/C=C(/COCC1CC=CN=C1Cl)Nc1nc(C2=CC=CCC2)nn1C=O. The number of ether oxygens (including phenoxy) is 1. The second-order valence-electron chi connectivity index (χ2n) is 6.19. The fourth-order valence-electron chi connectivity index (χ4n) is 2.74. The van der Waals surface area contributed by atoms with Gasteiger partial charge in [-0.05, 0) is 31.8 Å². The normalized spacial score (nSPS) is 19.6. The van der Waals surface area contributed by atoms with E-state index in [1.54, 1.807) is 6.20 Å². The first-order valence-electron chi connectivity index (χ1n) is 8.87.